The Morgan fingerprint density at radius 3 is 2.81 bits per heavy atom. The molecule has 2 N–H and O–H groups in total. The van der Waals surface area contributed by atoms with Gasteiger partial charge >= 0.3 is 6.03 Å². The van der Waals surface area contributed by atoms with Crippen LogP contribution in [0.25, 0.3) is 5.69 Å². The van der Waals surface area contributed by atoms with Gasteiger partial charge in [-0.05, 0) is 30.3 Å². The zero-order valence-corrected chi connectivity index (χ0v) is 13.8. The van der Waals surface area contributed by atoms with E-state index in [1.165, 1.54) is 35.2 Å². The molecule has 0 unspecified atom stereocenters. The van der Waals surface area contributed by atoms with Crippen molar-refractivity contribution < 1.29 is 18.7 Å². The molecule has 2 aromatic carbocycles. The molecule has 2 heterocycles. The second-order valence-electron chi connectivity index (χ2n) is 5.58. The first-order valence-corrected chi connectivity index (χ1v) is 7.91. The van der Waals surface area contributed by atoms with Crippen LogP contribution in [0.2, 0.25) is 0 Å². The van der Waals surface area contributed by atoms with Crippen molar-refractivity contribution in [2.24, 2.45) is 0 Å². The smallest absolute Gasteiger partial charge is 0.325 e. The highest BCUT2D eigenvalue weighted by Gasteiger charge is 2.15. The summed E-state index contributed by atoms with van der Waals surface area (Å²) in [6.07, 6.45) is 2.72. The number of urea groups is 1. The molecule has 0 aliphatic carbocycles. The summed E-state index contributed by atoms with van der Waals surface area (Å²) in [5, 5.41) is 4.97. The monoisotopic (exact) mass is 368 g/mol. The van der Waals surface area contributed by atoms with Gasteiger partial charge in [0.05, 0.1) is 5.69 Å². The van der Waals surface area contributed by atoms with E-state index >= 15 is 0 Å². The molecule has 3 aromatic rings. The standard InChI is InChI=1S/C18H13FN4O4/c19-11-2-1-3-13(8-11)23-7-6-20-16(17(23)24)22-18(25)21-12-4-5-14-15(9-12)27-10-26-14/h1-9H,10H2,(H2,20,21,22,25). The summed E-state index contributed by atoms with van der Waals surface area (Å²) in [5.74, 6) is 0.425. The van der Waals surface area contributed by atoms with Crippen LogP contribution < -0.4 is 25.7 Å². The number of nitrogens with one attached hydrogen (secondary N) is 2. The quantitative estimate of drug-likeness (QED) is 0.741. The molecule has 0 fully saturated rings. The van der Waals surface area contributed by atoms with Crippen molar-refractivity contribution in [3.8, 4) is 17.2 Å². The number of hydrogen-bond acceptors (Lipinski definition) is 5. The minimum absolute atomic E-state index is 0.124. The molecule has 136 valence electrons. The molecule has 4 rings (SSSR count). The summed E-state index contributed by atoms with van der Waals surface area (Å²) in [4.78, 5) is 28.6. The number of aromatic nitrogens is 2. The number of hydrogen-bond donors (Lipinski definition) is 2. The summed E-state index contributed by atoms with van der Waals surface area (Å²) in [6, 6.07) is 9.77. The molecular formula is C18H13FN4O4. The lowest BCUT2D eigenvalue weighted by Crippen LogP contribution is -2.28. The molecule has 9 heteroatoms. The maximum absolute atomic E-state index is 13.4. The van der Waals surface area contributed by atoms with E-state index in [2.05, 4.69) is 15.6 Å². The minimum atomic E-state index is -0.657. The number of nitrogens with zero attached hydrogens (tertiary/aromatic N) is 2. The van der Waals surface area contributed by atoms with Crippen LogP contribution in [-0.2, 0) is 0 Å². The maximum atomic E-state index is 13.4. The molecule has 1 aliphatic rings. The van der Waals surface area contributed by atoms with E-state index in [9.17, 15) is 14.0 Å². The average molecular weight is 368 g/mol. The predicted molar refractivity (Wildman–Crippen MR) is 95.0 cm³/mol. The van der Waals surface area contributed by atoms with E-state index < -0.39 is 17.4 Å². The van der Waals surface area contributed by atoms with Crippen LogP contribution in [0.5, 0.6) is 11.5 Å². The van der Waals surface area contributed by atoms with Gasteiger partial charge in [-0.2, -0.15) is 0 Å². The first kappa shape index (κ1) is 16.6. The molecule has 8 nitrogen and oxygen atoms in total. The Morgan fingerprint density at radius 1 is 1.11 bits per heavy atom. The summed E-state index contributed by atoms with van der Waals surface area (Å²) >= 11 is 0. The number of anilines is 2. The van der Waals surface area contributed by atoms with Gasteiger partial charge in [-0.3, -0.25) is 14.7 Å². The topological polar surface area (TPSA) is 94.5 Å². The molecular weight excluding hydrogens is 355 g/mol. The number of halogens is 1. The molecule has 1 aliphatic heterocycles. The Labute approximate surface area is 152 Å². The molecule has 0 saturated heterocycles. The molecule has 0 spiro atoms. The van der Waals surface area contributed by atoms with Crippen LogP contribution >= 0.6 is 0 Å². The largest absolute Gasteiger partial charge is 0.454 e. The zero-order chi connectivity index (χ0) is 18.8. The van der Waals surface area contributed by atoms with Gasteiger partial charge in [-0.1, -0.05) is 6.07 Å². The lowest BCUT2D eigenvalue weighted by Gasteiger charge is -2.10. The number of benzene rings is 2. The molecule has 0 saturated carbocycles. The molecule has 2 amide bonds. The predicted octanol–water partition coefficient (Wildman–Crippen LogP) is 2.74. The van der Waals surface area contributed by atoms with Crippen molar-refractivity contribution >= 4 is 17.5 Å². The number of carbonyl (C=O) groups excluding carboxylic acids is 1. The van der Waals surface area contributed by atoms with E-state index in [4.69, 9.17) is 9.47 Å². The molecule has 0 bridgehead atoms. The normalized spacial score (nSPS) is 11.9. The number of ether oxygens (including phenoxy) is 2. The third-order valence-corrected chi connectivity index (χ3v) is 3.79. The van der Waals surface area contributed by atoms with Gasteiger partial charge in [-0.15, -0.1) is 0 Å². The third-order valence-electron chi connectivity index (χ3n) is 3.79. The minimum Gasteiger partial charge on any atom is -0.454 e. The van der Waals surface area contributed by atoms with E-state index in [0.29, 0.717) is 22.9 Å². The second-order valence-corrected chi connectivity index (χ2v) is 5.58. The summed E-state index contributed by atoms with van der Waals surface area (Å²) in [6.45, 7) is 0.124. The van der Waals surface area contributed by atoms with E-state index in [0.717, 1.165) is 0 Å². The zero-order valence-electron chi connectivity index (χ0n) is 13.8. The molecule has 1 aromatic heterocycles. The van der Waals surface area contributed by atoms with Gasteiger partial charge in [-0.25, -0.2) is 14.2 Å². The van der Waals surface area contributed by atoms with Crippen molar-refractivity contribution in [3.63, 3.8) is 0 Å². The fraction of sp³-hybridized carbons (Fsp3) is 0.0556. The number of amides is 2. The van der Waals surface area contributed by atoms with Gasteiger partial charge in [0.15, 0.2) is 11.5 Å². The van der Waals surface area contributed by atoms with Crippen LogP contribution in [0.1, 0.15) is 0 Å². The average Bonchev–Trinajstić information content (AvgIpc) is 3.11. The number of fused-ring (bicyclic) bond motifs is 1. The van der Waals surface area contributed by atoms with Crippen LogP contribution in [-0.4, -0.2) is 22.4 Å². The van der Waals surface area contributed by atoms with Crippen molar-refractivity contribution in [1.82, 2.24) is 9.55 Å². The summed E-state index contributed by atoms with van der Waals surface area (Å²) in [7, 11) is 0. The van der Waals surface area contributed by atoms with Crippen molar-refractivity contribution in [2.45, 2.75) is 0 Å². The van der Waals surface area contributed by atoms with Crippen LogP contribution in [0, 0.1) is 5.82 Å². The Morgan fingerprint density at radius 2 is 1.96 bits per heavy atom. The number of carbonyl (C=O) groups is 1. The van der Waals surface area contributed by atoms with Crippen molar-refractivity contribution in [2.75, 3.05) is 17.4 Å². The lowest BCUT2D eigenvalue weighted by molar-refractivity contribution is 0.174. The number of rotatable bonds is 3. The van der Waals surface area contributed by atoms with E-state index in [1.54, 1.807) is 24.3 Å². The highest BCUT2D eigenvalue weighted by Crippen LogP contribution is 2.34. The molecule has 27 heavy (non-hydrogen) atoms. The second kappa shape index (κ2) is 6.79. The van der Waals surface area contributed by atoms with Crippen LogP contribution in [0.4, 0.5) is 20.7 Å². The SMILES string of the molecule is O=C(Nc1ccc2c(c1)OCO2)Nc1nccn(-c2cccc(F)c2)c1=O. The fourth-order valence-electron chi connectivity index (χ4n) is 2.57. The Balaban J connectivity index is 1.53. The van der Waals surface area contributed by atoms with E-state index in [1.807, 2.05) is 0 Å². The van der Waals surface area contributed by atoms with Crippen LogP contribution in [0.3, 0.4) is 0 Å². The third kappa shape index (κ3) is 3.43. The van der Waals surface area contributed by atoms with Crippen molar-refractivity contribution in [1.29, 1.82) is 0 Å². The molecule has 0 atom stereocenters. The Hall–Kier alpha value is -3.88. The first-order chi connectivity index (χ1) is 13.1. The van der Waals surface area contributed by atoms with Gasteiger partial charge in [0.25, 0.3) is 5.56 Å². The maximum Gasteiger partial charge on any atom is 0.325 e. The van der Waals surface area contributed by atoms with Gasteiger partial charge in [0.2, 0.25) is 12.6 Å². The first-order valence-electron chi connectivity index (χ1n) is 7.91. The lowest BCUT2D eigenvalue weighted by atomic mass is 10.3. The fourth-order valence-corrected chi connectivity index (χ4v) is 2.57. The summed E-state index contributed by atoms with van der Waals surface area (Å²) in [5.41, 5.74) is 0.184. The van der Waals surface area contributed by atoms with Gasteiger partial charge in [0, 0.05) is 24.1 Å². The van der Waals surface area contributed by atoms with Gasteiger partial charge in [0.1, 0.15) is 5.82 Å². The van der Waals surface area contributed by atoms with Crippen molar-refractivity contribution in [3.05, 3.63) is 71.0 Å². The highest BCUT2D eigenvalue weighted by molar-refractivity contribution is 5.99. The molecule has 0 radical (unpaired) electrons. The summed E-state index contributed by atoms with van der Waals surface area (Å²) < 4.78 is 25.0. The Kier molecular flexibility index (Phi) is 4.17. The van der Waals surface area contributed by atoms with E-state index in [-0.39, 0.29) is 12.6 Å². The van der Waals surface area contributed by atoms with Gasteiger partial charge < -0.3 is 14.8 Å². The Bertz CT molecular complexity index is 1080. The highest BCUT2D eigenvalue weighted by atomic mass is 19.1. The van der Waals surface area contributed by atoms with Crippen LogP contribution in [0.15, 0.2) is 59.7 Å².